The molecule has 0 spiro atoms. The van der Waals surface area contributed by atoms with E-state index in [2.05, 4.69) is 39.8 Å². The SMILES string of the molecule is Cc1ccc(CN2CCNC(=O)C2CC(=O)NC2(CO)CCCC2)cc1. The van der Waals surface area contributed by atoms with Crippen LogP contribution in [0.1, 0.15) is 43.2 Å². The van der Waals surface area contributed by atoms with Crippen molar-refractivity contribution < 1.29 is 14.7 Å². The lowest BCUT2D eigenvalue weighted by Gasteiger charge is -2.36. The molecule has 6 heteroatoms. The molecule has 3 rings (SSSR count). The van der Waals surface area contributed by atoms with Gasteiger partial charge in [-0.3, -0.25) is 14.5 Å². The minimum absolute atomic E-state index is 0.0390. The lowest BCUT2D eigenvalue weighted by Crippen LogP contribution is -2.57. The minimum Gasteiger partial charge on any atom is -0.394 e. The quantitative estimate of drug-likeness (QED) is 0.711. The van der Waals surface area contributed by atoms with Crippen LogP contribution in [0, 0.1) is 6.92 Å². The summed E-state index contributed by atoms with van der Waals surface area (Å²) >= 11 is 0. The summed E-state index contributed by atoms with van der Waals surface area (Å²) in [5, 5.41) is 15.6. The summed E-state index contributed by atoms with van der Waals surface area (Å²) in [5.74, 6) is -0.250. The van der Waals surface area contributed by atoms with Gasteiger partial charge in [0.25, 0.3) is 0 Å². The lowest BCUT2D eigenvalue weighted by atomic mass is 9.97. The predicted octanol–water partition coefficient (Wildman–Crippen LogP) is 1.11. The van der Waals surface area contributed by atoms with Crippen molar-refractivity contribution in [1.82, 2.24) is 15.5 Å². The molecule has 2 amide bonds. The average Bonchev–Trinajstić information content (AvgIpc) is 3.09. The summed E-state index contributed by atoms with van der Waals surface area (Å²) in [4.78, 5) is 27.1. The fraction of sp³-hybridized carbons (Fsp3) is 0.600. The number of aliphatic hydroxyl groups is 1. The first-order valence-corrected chi connectivity index (χ1v) is 9.50. The molecule has 1 saturated carbocycles. The van der Waals surface area contributed by atoms with E-state index in [0.29, 0.717) is 13.1 Å². The van der Waals surface area contributed by atoms with Crippen LogP contribution < -0.4 is 10.6 Å². The molecule has 26 heavy (non-hydrogen) atoms. The molecular formula is C20H29N3O3. The second-order valence-electron chi connectivity index (χ2n) is 7.66. The van der Waals surface area contributed by atoms with Crippen molar-refractivity contribution in [1.29, 1.82) is 0 Å². The summed E-state index contributed by atoms with van der Waals surface area (Å²) in [5.41, 5.74) is 1.84. The van der Waals surface area contributed by atoms with Crippen LogP contribution in [-0.4, -0.2) is 53.1 Å². The maximum atomic E-state index is 12.6. The number of aryl methyl sites for hydroxylation is 1. The molecule has 3 N–H and O–H groups in total. The third-order valence-electron chi connectivity index (χ3n) is 5.59. The lowest BCUT2D eigenvalue weighted by molar-refractivity contribution is -0.135. The van der Waals surface area contributed by atoms with Gasteiger partial charge in [0.1, 0.15) is 0 Å². The summed E-state index contributed by atoms with van der Waals surface area (Å²) in [6.07, 6.45) is 3.77. The van der Waals surface area contributed by atoms with Crippen molar-refractivity contribution in [3.8, 4) is 0 Å². The zero-order valence-electron chi connectivity index (χ0n) is 15.5. The van der Waals surface area contributed by atoms with Crippen molar-refractivity contribution in [3.05, 3.63) is 35.4 Å². The zero-order valence-corrected chi connectivity index (χ0v) is 15.5. The molecule has 1 aliphatic carbocycles. The Labute approximate surface area is 155 Å². The summed E-state index contributed by atoms with van der Waals surface area (Å²) < 4.78 is 0. The molecule has 0 bridgehead atoms. The predicted molar refractivity (Wildman–Crippen MR) is 99.4 cm³/mol. The third-order valence-corrected chi connectivity index (χ3v) is 5.59. The maximum Gasteiger partial charge on any atom is 0.237 e. The van der Waals surface area contributed by atoms with E-state index < -0.39 is 11.6 Å². The first-order valence-electron chi connectivity index (χ1n) is 9.50. The minimum atomic E-state index is -0.496. The monoisotopic (exact) mass is 359 g/mol. The molecule has 1 heterocycles. The van der Waals surface area contributed by atoms with Gasteiger partial charge in [0, 0.05) is 19.6 Å². The van der Waals surface area contributed by atoms with Gasteiger partial charge in [-0.05, 0) is 25.3 Å². The highest BCUT2D eigenvalue weighted by atomic mass is 16.3. The van der Waals surface area contributed by atoms with Gasteiger partial charge >= 0.3 is 0 Å². The molecule has 2 aliphatic rings. The van der Waals surface area contributed by atoms with Gasteiger partial charge in [-0.1, -0.05) is 42.7 Å². The number of piperazine rings is 1. The van der Waals surface area contributed by atoms with E-state index in [4.69, 9.17) is 0 Å². The van der Waals surface area contributed by atoms with E-state index in [9.17, 15) is 14.7 Å². The normalized spacial score (nSPS) is 22.8. The zero-order chi connectivity index (χ0) is 18.6. The molecule has 1 aromatic carbocycles. The van der Waals surface area contributed by atoms with E-state index in [-0.39, 0.29) is 24.8 Å². The Morgan fingerprint density at radius 3 is 2.65 bits per heavy atom. The van der Waals surface area contributed by atoms with Crippen LogP contribution in [-0.2, 0) is 16.1 Å². The number of aliphatic hydroxyl groups excluding tert-OH is 1. The fourth-order valence-electron chi connectivity index (χ4n) is 4.00. The topological polar surface area (TPSA) is 81.7 Å². The Morgan fingerprint density at radius 1 is 1.31 bits per heavy atom. The van der Waals surface area contributed by atoms with Gasteiger partial charge in [0.2, 0.25) is 11.8 Å². The molecule has 142 valence electrons. The molecule has 1 atom stereocenters. The van der Waals surface area contributed by atoms with Crippen molar-refractivity contribution in [2.75, 3.05) is 19.7 Å². The van der Waals surface area contributed by atoms with Crippen LogP contribution in [0.25, 0.3) is 0 Å². The smallest absolute Gasteiger partial charge is 0.237 e. The average molecular weight is 359 g/mol. The number of hydrogen-bond acceptors (Lipinski definition) is 4. The number of hydrogen-bond donors (Lipinski definition) is 3. The van der Waals surface area contributed by atoms with E-state index in [0.717, 1.165) is 37.8 Å². The van der Waals surface area contributed by atoms with Crippen molar-refractivity contribution in [3.63, 3.8) is 0 Å². The second-order valence-corrected chi connectivity index (χ2v) is 7.66. The number of nitrogens with zero attached hydrogens (tertiary/aromatic N) is 1. The van der Waals surface area contributed by atoms with Gasteiger partial charge in [-0.15, -0.1) is 0 Å². The summed E-state index contributed by atoms with van der Waals surface area (Å²) in [6.45, 7) is 3.98. The van der Waals surface area contributed by atoms with Gasteiger partial charge in [-0.2, -0.15) is 0 Å². The van der Waals surface area contributed by atoms with Gasteiger partial charge < -0.3 is 15.7 Å². The van der Waals surface area contributed by atoms with E-state index >= 15 is 0 Å². The fourth-order valence-corrected chi connectivity index (χ4v) is 4.00. The Bertz CT molecular complexity index is 638. The first kappa shape index (κ1) is 18.9. The molecule has 2 fully saturated rings. The van der Waals surface area contributed by atoms with E-state index in [1.807, 2.05) is 6.92 Å². The van der Waals surface area contributed by atoms with Crippen LogP contribution in [0.15, 0.2) is 24.3 Å². The van der Waals surface area contributed by atoms with Crippen molar-refractivity contribution >= 4 is 11.8 Å². The summed E-state index contributed by atoms with van der Waals surface area (Å²) in [6, 6.07) is 7.79. The molecule has 6 nitrogen and oxygen atoms in total. The van der Waals surface area contributed by atoms with Crippen LogP contribution in [0.2, 0.25) is 0 Å². The van der Waals surface area contributed by atoms with Gasteiger partial charge in [0.05, 0.1) is 24.6 Å². The van der Waals surface area contributed by atoms with Crippen molar-refractivity contribution in [2.45, 2.75) is 57.2 Å². The maximum absolute atomic E-state index is 12.6. The molecular weight excluding hydrogens is 330 g/mol. The number of benzene rings is 1. The molecule has 1 aliphatic heterocycles. The first-order chi connectivity index (χ1) is 12.5. The second kappa shape index (κ2) is 8.18. The van der Waals surface area contributed by atoms with Crippen LogP contribution >= 0.6 is 0 Å². The molecule has 0 aromatic heterocycles. The van der Waals surface area contributed by atoms with Crippen LogP contribution in [0.4, 0.5) is 0 Å². The number of carbonyl (C=O) groups is 2. The van der Waals surface area contributed by atoms with Crippen LogP contribution in [0.3, 0.4) is 0 Å². The number of nitrogens with one attached hydrogen (secondary N) is 2. The highest BCUT2D eigenvalue weighted by Gasteiger charge is 2.37. The highest BCUT2D eigenvalue weighted by Crippen LogP contribution is 2.29. The Kier molecular flexibility index (Phi) is 5.94. The largest absolute Gasteiger partial charge is 0.394 e. The number of rotatable bonds is 6. The number of amides is 2. The van der Waals surface area contributed by atoms with E-state index in [1.54, 1.807) is 0 Å². The van der Waals surface area contributed by atoms with E-state index in [1.165, 1.54) is 5.56 Å². The summed E-state index contributed by atoms with van der Waals surface area (Å²) in [7, 11) is 0. The van der Waals surface area contributed by atoms with Crippen LogP contribution in [0.5, 0.6) is 0 Å². The Balaban J connectivity index is 1.65. The van der Waals surface area contributed by atoms with Gasteiger partial charge in [0.15, 0.2) is 0 Å². The Morgan fingerprint density at radius 2 is 2.00 bits per heavy atom. The van der Waals surface area contributed by atoms with Crippen molar-refractivity contribution in [2.24, 2.45) is 0 Å². The molecule has 0 radical (unpaired) electrons. The molecule has 1 saturated heterocycles. The number of carbonyl (C=O) groups excluding carboxylic acids is 2. The molecule has 1 unspecified atom stereocenters. The third kappa shape index (κ3) is 4.43. The highest BCUT2D eigenvalue weighted by molar-refractivity contribution is 5.89. The standard InChI is InChI=1S/C20H29N3O3/c1-15-4-6-16(7-5-15)13-23-11-10-21-19(26)17(23)12-18(25)22-20(14-24)8-2-3-9-20/h4-7,17,24H,2-3,8-14H2,1H3,(H,21,26)(H,22,25). The van der Waals surface area contributed by atoms with Gasteiger partial charge in [-0.25, -0.2) is 0 Å². The molecule has 1 aromatic rings. The Hall–Kier alpha value is -1.92.